The zero-order chi connectivity index (χ0) is 20.6. The molecule has 2 aromatic rings. The first-order chi connectivity index (χ1) is 13.2. The lowest BCUT2D eigenvalue weighted by molar-refractivity contribution is -0.328. The van der Waals surface area contributed by atoms with E-state index in [4.69, 9.17) is 18.9 Å². The Morgan fingerprint density at radius 1 is 0.964 bits per heavy atom. The van der Waals surface area contributed by atoms with Gasteiger partial charge in [0, 0.05) is 17.2 Å². The van der Waals surface area contributed by atoms with Crippen molar-refractivity contribution in [3.63, 3.8) is 0 Å². The number of fused-ring (bicyclic) bond motifs is 1. The van der Waals surface area contributed by atoms with Crippen LogP contribution < -0.4 is 18.9 Å². The summed E-state index contributed by atoms with van der Waals surface area (Å²) in [6.45, 7) is 8.31. The summed E-state index contributed by atoms with van der Waals surface area (Å²) in [5, 5.41) is 0. The van der Waals surface area contributed by atoms with Gasteiger partial charge in [0.1, 0.15) is 0 Å². The molecule has 0 N–H and O–H groups in total. The second-order valence-corrected chi connectivity index (χ2v) is 7.74. The van der Waals surface area contributed by atoms with E-state index in [-0.39, 0.29) is 5.41 Å². The van der Waals surface area contributed by atoms with E-state index in [1.807, 2.05) is 13.0 Å². The lowest BCUT2D eigenvalue weighted by atomic mass is 9.85. The lowest BCUT2D eigenvalue weighted by Crippen LogP contribution is -2.15. The zero-order valence-electron chi connectivity index (χ0n) is 17.4. The van der Waals surface area contributed by atoms with E-state index in [2.05, 4.69) is 26.8 Å². The highest BCUT2D eigenvalue weighted by Crippen LogP contribution is 2.43. The van der Waals surface area contributed by atoms with Gasteiger partial charge in [-0.05, 0) is 30.0 Å². The molecule has 0 aromatic heterocycles. The van der Waals surface area contributed by atoms with Crippen LogP contribution in [-0.2, 0) is 5.41 Å². The van der Waals surface area contributed by atoms with Gasteiger partial charge in [-0.1, -0.05) is 31.4 Å². The van der Waals surface area contributed by atoms with Gasteiger partial charge >= 0.3 is 6.09 Å². The third-order valence-electron chi connectivity index (χ3n) is 4.63. The Labute approximate surface area is 165 Å². The molecule has 0 unspecified atom stereocenters. The highest BCUT2D eigenvalue weighted by molar-refractivity contribution is 5.87. The Kier molecular flexibility index (Phi) is 5.06. The molecule has 6 heteroatoms. The van der Waals surface area contributed by atoms with Crippen LogP contribution in [-0.4, -0.2) is 38.2 Å². The average Bonchev–Trinajstić information content (AvgIpc) is 2.94. The molecule has 0 bridgehead atoms. The summed E-state index contributed by atoms with van der Waals surface area (Å²) in [6.07, 6.45) is 1.27. The number of methoxy groups -OCH3 is 3. The zero-order valence-corrected chi connectivity index (χ0v) is 17.4. The molecule has 0 atom stereocenters. The van der Waals surface area contributed by atoms with Gasteiger partial charge in [0.2, 0.25) is 11.5 Å². The summed E-state index contributed by atoms with van der Waals surface area (Å²) < 4.78 is 23.3. The number of nitrogens with zero attached hydrogens (tertiary/aromatic N) is 1. The summed E-state index contributed by atoms with van der Waals surface area (Å²) >= 11 is 0. The predicted molar refractivity (Wildman–Crippen MR) is 107 cm³/mol. The second-order valence-electron chi connectivity index (χ2n) is 7.74. The van der Waals surface area contributed by atoms with Gasteiger partial charge < -0.3 is 18.9 Å². The Hall–Kier alpha value is -3.02. The van der Waals surface area contributed by atoms with E-state index in [1.165, 1.54) is 4.58 Å². The molecule has 0 saturated carbocycles. The van der Waals surface area contributed by atoms with Crippen molar-refractivity contribution in [3.05, 3.63) is 41.0 Å². The van der Waals surface area contributed by atoms with E-state index < -0.39 is 6.09 Å². The summed E-state index contributed by atoms with van der Waals surface area (Å²) in [6, 6.07) is 7.58. The SMILES string of the molecule is COc1cc(/C=[N+]2/C(=O)Oc3c2cc(C)cc3C(C)(C)C)cc(OC)c1OC. The molecule has 2 aromatic carbocycles. The first-order valence-electron chi connectivity index (χ1n) is 9.00. The van der Waals surface area contributed by atoms with Gasteiger partial charge in [0.05, 0.1) is 21.3 Å². The van der Waals surface area contributed by atoms with Crippen LogP contribution >= 0.6 is 0 Å². The highest BCUT2D eigenvalue weighted by Gasteiger charge is 2.40. The van der Waals surface area contributed by atoms with Crippen molar-refractivity contribution in [1.29, 1.82) is 0 Å². The van der Waals surface area contributed by atoms with Crippen molar-refractivity contribution in [2.75, 3.05) is 21.3 Å². The number of rotatable bonds is 4. The fourth-order valence-electron chi connectivity index (χ4n) is 3.28. The molecule has 1 amide bonds. The smallest absolute Gasteiger partial charge is 0.493 e. The van der Waals surface area contributed by atoms with Gasteiger partial charge in [0.15, 0.2) is 17.7 Å². The van der Waals surface area contributed by atoms with Crippen molar-refractivity contribution in [1.82, 2.24) is 0 Å². The van der Waals surface area contributed by atoms with Crippen LogP contribution in [0.15, 0.2) is 24.3 Å². The maximum Gasteiger partial charge on any atom is 0.608 e. The monoisotopic (exact) mass is 384 g/mol. The van der Waals surface area contributed by atoms with E-state index in [9.17, 15) is 4.79 Å². The third kappa shape index (κ3) is 3.42. The first kappa shape index (κ1) is 19.7. The minimum Gasteiger partial charge on any atom is -0.493 e. The Balaban J connectivity index is 2.19. The Morgan fingerprint density at radius 2 is 1.57 bits per heavy atom. The second kappa shape index (κ2) is 7.19. The number of hydrogen-bond acceptors (Lipinski definition) is 5. The highest BCUT2D eigenvalue weighted by atomic mass is 16.6. The minimum absolute atomic E-state index is 0.154. The number of aryl methyl sites for hydroxylation is 1. The molecule has 1 heterocycles. The number of ether oxygens (including phenoxy) is 4. The molecular formula is C22H26NO5+. The van der Waals surface area contributed by atoms with Gasteiger partial charge in [-0.25, -0.2) is 0 Å². The Morgan fingerprint density at radius 3 is 2.07 bits per heavy atom. The Bertz CT molecular complexity index is 945. The number of benzene rings is 2. The molecule has 148 valence electrons. The van der Waals surface area contributed by atoms with Crippen LogP contribution in [0, 0.1) is 6.92 Å². The van der Waals surface area contributed by atoms with E-state index in [0.29, 0.717) is 23.0 Å². The van der Waals surface area contributed by atoms with Gasteiger partial charge in [-0.2, -0.15) is 4.79 Å². The topological polar surface area (TPSA) is 57.0 Å². The van der Waals surface area contributed by atoms with Crippen LogP contribution in [0.25, 0.3) is 0 Å². The van der Waals surface area contributed by atoms with Crippen molar-refractivity contribution in [2.24, 2.45) is 0 Å². The summed E-state index contributed by atoms with van der Waals surface area (Å²) in [5.74, 6) is 2.13. The van der Waals surface area contributed by atoms with Crippen molar-refractivity contribution < 1.29 is 28.3 Å². The molecule has 1 aliphatic rings. The lowest BCUT2D eigenvalue weighted by Gasteiger charge is -2.20. The van der Waals surface area contributed by atoms with Crippen molar-refractivity contribution in [3.8, 4) is 23.0 Å². The third-order valence-corrected chi connectivity index (χ3v) is 4.63. The summed E-state index contributed by atoms with van der Waals surface area (Å²) in [5.41, 5.74) is 3.35. The molecule has 0 saturated heterocycles. The molecule has 3 rings (SSSR count). The molecule has 0 aliphatic carbocycles. The molecular weight excluding hydrogens is 358 g/mol. The van der Waals surface area contributed by atoms with Crippen LogP contribution in [0.2, 0.25) is 0 Å². The quantitative estimate of drug-likeness (QED) is 0.722. The standard InChI is InChI=1S/C22H26NO5/c1-13-8-15(22(2,3)4)19-16(9-13)23(21(24)28-19)12-14-10-17(25-5)20(27-7)18(11-14)26-6/h8-12H,1-7H3/q+1/b23-12+. The van der Waals surface area contributed by atoms with E-state index >= 15 is 0 Å². The number of carbonyl (C=O) groups excluding carboxylic acids is 1. The molecule has 6 nitrogen and oxygen atoms in total. The average molecular weight is 384 g/mol. The fraction of sp³-hybridized carbons (Fsp3) is 0.364. The molecule has 0 spiro atoms. The maximum atomic E-state index is 12.6. The summed E-state index contributed by atoms with van der Waals surface area (Å²) in [7, 11) is 4.66. The fourth-order valence-corrected chi connectivity index (χ4v) is 3.28. The maximum absolute atomic E-state index is 12.6. The predicted octanol–water partition coefficient (Wildman–Crippen LogP) is 4.59. The normalized spacial score (nSPS) is 14.7. The van der Waals surface area contributed by atoms with Crippen molar-refractivity contribution in [2.45, 2.75) is 33.1 Å². The first-order valence-corrected chi connectivity index (χ1v) is 9.00. The van der Waals surface area contributed by atoms with Crippen LogP contribution in [0.3, 0.4) is 0 Å². The van der Waals surface area contributed by atoms with E-state index in [1.54, 1.807) is 39.7 Å². The van der Waals surface area contributed by atoms with Gasteiger partial charge in [0.25, 0.3) is 5.69 Å². The minimum atomic E-state index is -0.445. The largest absolute Gasteiger partial charge is 0.608 e. The number of amides is 1. The van der Waals surface area contributed by atoms with E-state index in [0.717, 1.165) is 22.4 Å². The van der Waals surface area contributed by atoms with Gasteiger partial charge in [-0.3, -0.25) is 0 Å². The van der Waals surface area contributed by atoms with Crippen LogP contribution in [0.5, 0.6) is 23.0 Å². The van der Waals surface area contributed by atoms with Crippen molar-refractivity contribution >= 4 is 18.0 Å². The van der Waals surface area contributed by atoms with Crippen LogP contribution in [0.4, 0.5) is 10.5 Å². The number of hydrogen-bond donors (Lipinski definition) is 0. The van der Waals surface area contributed by atoms with Gasteiger partial charge in [-0.15, -0.1) is 0 Å². The molecule has 0 radical (unpaired) electrons. The van der Waals surface area contributed by atoms with Crippen LogP contribution in [0.1, 0.15) is 37.5 Å². The molecule has 28 heavy (non-hydrogen) atoms. The molecule has 1 aliphatic heterocycles. The number of carbonyl (C=O) groups is 1. The molecule has 0 fully saturated rings. The summed E-state index contributed by atoms with van der Waals surface area (Å²) in [4.78, 5) is 12.6.